The van der Waals surface area contributed by atoms with Crippen molar-refractivity contribution in [3.05, 3.63) is 39.4 Å². The molecule has 1 unspecified atom stereocenters. The van der Waals surface area contributed by atoms with Gasteiger partial charge >= 0.3 is 0 Å². The van der Waals surface area contributed by atoms with Gasteiger partial charge in [-0.2, -0.15) is 0 Å². The van der Waals surface area contributed by atoms with Gasteiger partial charge in [-0.25, -0.2) is 9.97 Å². The van der Waals surface area contributed by atoms with Crippen molar-refractivity contribution in [3.63, 3.8) is 0 Å². The van der Waals surface area contributed by atoms with Gasteiger partial charge in [-0.05, 0) is 25.0 Å². The Morgan fingerprint density at radius 2 is 2.38 bits per heavy atom. The molecule has 1 saturated heterocycles. The Balaban J connectivity index is 1.46. The molecule has 1 aliphatic rings. The smallest absolute Gasteiger partial charge is 0.191 e. The lowest BCUT2D eigenvalue weighted by Gasteiger charge is -2.20. The number of nitrogens with one attached hydrogen (secondary N) is 2. The standard InChI is InChI=1S/C18H25ClN6S/c1-3-16-23-14(12-26-16)6-9-22-18(20-2)24-13-7-10-25(11-13)17-15(19)5-4-8-21-17/h4-5,8,12-13H,3,6-7,9-11H2,1-2H3,(H2,20,22,24). The van der Waals surface area contributed by atoms with Crippen LogP contribution in [0.1, 0.15) is 24.0 Å². The van der Waals surface area contributed by atoms with Crippen molar-refractivity contribution in [1.82, 2.24) is 20.6 Å². The molecule has 0 aliphatic carbocycles. The summed E-state index contributed by atoms with van der Waals surface area (Å²) in [5.74, 6) is 1.69. The molecule has 2 aromatic heterocycles. The SMILES string of the molecule is CCc1nc(CCNC(=NC)NC2CCN(c3ncccc3Cl)C2)cs1. The summed E-state index contributed by atoms with van der Waals surface area (Å²) in [6.45, 7) is 4.75. The summed E-state index contributed by atoms with van der Waals surface area (Å²) in [5, 5.41) is 10.9. The molecule has 0 saturated carbocycles. The fraction of sp³-hybridized carbons (Fsp3) is 0.500. The highest BCUT2D eigenvalue weighted by Crippen LogP contribution is 2.25. The highest BCUT2D eigenvalue weighted by molar-refractivity contribution is 7.09. The number of aromatic nitrogens is 2. The zero-order chi connectivity index (χ0) is 18.4. The number of rotatable bonds is 6. The van der Waals surface area contributed by atoms with Gasteiger partial charge in [-0.1, -0.05) is 18.5 Å². The number of guanidine groups is 1. The van der Waals surface area contributed by atoms with E-state index in [1.807, 2.05) is 12.1 Å². The maximum absolute atomic E-state index is 6.26. The van der Waals surface area contributed by atoms with Crippen LogP contribution >= 0.6 is 22.9 Å². The van der Waals surface area contributed by atoms with Crippen molar-refractivity contribution in [2.75, 3.05) is 31.6 Å². The number of aryl methyl sites for hydroxylation is 1. The highest BCUT2D eigenvalue weighted by atomic mass is 35.5. The average Bonchev–Trinajstić information content (AvgIpc) is 3.30. The second kappa shape index (κ2) is 9.19. The van der Waals surface area contributed by atoms with Crippen LogP contribution in [0.2, 0.25) is 5.02 Å². The molecule has 0 amide bonds. The predicted molar refractivity (Wildman–Crippen MR) is 110 cm³/mol. The maximum atomic E-state index is 6.26. The van der Waals surface area contributed by atoms with Crippen LogP contribution in [0.5, 0.6) is 0 Å². The topological polar surface area (TPSA) is 65.4 Å². The second-order valence-corrected chi connectivity index (χ2v) is 7.57. The number of hydrogen-bond acceptors (Lipinski definition) is 5. The first kappa shape index (κ1) is 18.9. The minimum atomic E-state index is 0.324. The Morgan fingerprint density at radius 1 is 1.50 bits per heavy atom. The first-order valence-electron chi connectivity index (χ1n) is 8.95. The molecule has 2 N–H and O–H groups in total. The van der Waals surface area contributed by atoms with E-state index in [4.69, 9.17) is 11.6 Å². The molecule has 140 valence electrons. The average molecular weight is 393 g/mol. The van der Waals surface area contributed by atoms with Crippen LogP contribution in [-0.4, -0.2) is 48.7 Å². The molecule has 3 rings (SSSR count). The summed E-state index contributed by atoms with van der Waals surface area (Å²) in [7, 11) is 1.80. The summed E-state index contributed by atoms with van der Waals surface area (Å²) >= 11 is 7.99. The molecule has 2 aromatic rings. The number of pyridine rings is 1. The number of anilines is 1. The van der Waals surface area contributed by atoms with E-state index >= 15 is 0 Å². The maximum Gasteiger partial charge on any atom is 0.191 e. The van der Waals surface area contributed by atoms with Gasteiger partial charge < -0.3 is 15.5 Å². The van der Waals surface area contributed by atoms with E-state index < -0.39 is 0 Å². The molecule has 6 nitrogen and oxygen atoms in total. The van der Waals surface area contributed by atoms with Crippen LogP contribution in [0.3, 0.4) is 0 Å². The molecule has 3 heterocycles. The van der Waals surface area contributed by atoms with Gasteiger partial charge in [0, 0.05) is 50.7 Å². The molecule has 0 radical (unpaired) electrons. The van der Waals surface area contributed by atoms with E-state index in [-0.39, 0.29) is 0 Å². The summed E-state index contributed by atoms with van der Waals surface area (Å²) in [6, 6.07) is 4.06. The molecule has 0 bridgehead atoms. The lowest BCUT2D eigenvalue weighted by atomic mass is 10.3. The monoisotopic (exact) mass is 392 g/mol. The molecule has 0 spiro atoms. The van der Waals surface area contributed by atoms with Crippen LogP contribution in [-0.2, 0) is 12.8 Å². The first-order chi connectivity index (χ1) is 12.7. The summed E-state index contributed by atoms with van der Waals surface area (Å²) in [5.41, 5.74) is 1.15. The first-order valence-corrected chi connectivity index (χ1v) is 10.2. The molecule has 1 atom stereocenters. The molecule has 0 aromatic carbocycles. The van der Waals surface area contributed by atoms with Gasteiger partial charge in [0.15, 0.2) is 5.96 Å². The van der Waals surface area contributed by atoms with Crippen LogP contribution in [0.15, 0.2) is 28.7 Å². The van der Waals surface area contributed by atoms with Crippen LogP contribution in [0, 0.1) is 0 Å². The highest BCUT2D eigenvalue weighted by Gasteiger charge is 2.25. The van der Waals surface area contributed by atoms with Crippen LogP contribution in [0.4, 0.5) is 5.82 Å². The van der Waals surface area contributed by atoms with Crippen molar-refractivity contribution in [2.45, 2.75) is 32.2 Å². The number of nitrogens with zero attached hydrogens (tertiary/aromatic N) is 4. The summed E-state index contributed by atoms with van der Waals surface area (Å²) < 4.78 is 0. The summed E-state index contributed by atoms with van der Waals surface area (Å²) in [4.78, 5) is 15.6. The van der Waals surface area contributed by atoms with Crippen molar-refractivity contribution >= 4 is 34.7 Å². The van der Waals surface area contributed by atoms with Crippen LogP contribution < -0.4 is 15.5 Å². The largest absolute Gasteiger partial charge is 0.356 e. The third kappa shape index (κ3) is 4.86. The fourth-order valence-corrected chi connectivity index (χ4v) is 4.02. The third-order valence-corrected chi connectivity index (χ3v) is 5.70. The van der Waals surface area contributed by atoms with Gasteiger partial charge in [0.1, 0.15) is 5.82 Å². The van der Waals surface area contributed by atoms with Gasteiger partial charge in [0.25, 0.3) is 0 Å². The van der Waals surface area contributed by atoms with Crippen molar-refractivity contribution in [2.24, 2.45) is 4.99 Å². The minimum Gasteiger partial charge on any atom is -0.356 e. The van der Waals surface area contributed by atoms with E-state index in [1.165, 1.54) is 5.01 Å². The van der Waals surface area contributed by atoms with Crippen molar-refractivity contribution in [3.8, 4) is 0 Å². The predicted octanol–water partition coefficient (Wildman–Crippen LogP) is 2.74. The van der Waals surface area contributed by atoms with E-state index in [2.05, 4.69) is 42.8 Å². The van der Waals surface area contributed by atoms with Gasteiger partial charge in [-0.15, -0.1) is 11.3 Å². The molecular formula is C18H25ClN6S. The van der Waals surface area contributed by atoms with E-state index in [9.17, 15) is 0 Å². The molecule has 26 heavy (non-hydrogen) atoms. The van der Waals surface area contributed by atoms with E-state index in [0.29, 0.717) is 11.1 Å². The second-order valence-electron chi connectivity index (χ2n) is 6.22. The Bertz CT molecular complexity index is 747. The number of aliphatic imine (C=N–C) groups is 1. The van der Waals surface area contributed by atoms with Crippen molar-refractivity contribution in [1.29, 1.82) is 0 Å². The molecule has 8 heteroatoms. The summed E-state index contributed by atoms with van der Waals surface area (Å²) in [6.07, 6.45) is 4.71. The molecular weight excluding hydrogens is 368 g/mol. The molecule has 1 fully saturated rings. The minimum absolute atomic E-state index is 0.324. The van der Waals surface area contributed by atoms with E-state index in [0.717, 1.165) is 56.4 Å². The lowest BCUT2D eigenvalue weighted by Crippen LogP contribution is -2.45. The Morgan fingerprint density at radius 3 is 3.12 bits per heavy atom. The lowest BCUT2D eigenvalue weighted by molar-refractivity contribution is 0.647. The van der Waals surface area contributed by atoms with Gasteiger partial charge in [-0.3, -0.25) is 4.99 Å². The fourth-order valence-electron chi connectivity index (χ4n) is 3.00. The number of halogens is 1. The number of hydrogen-bond donors (Lipinski definition) is 2. The third-order valence-electron chi connectivity index (χ3n) is 4.37. The Kier molecular flexibility index (Phi) is 6.68. The number of thiazole rings is 1. The Labute approximate surface area is 163 Å². The molecule has 1 aliphatic heterocycles. The normalized spacial score (nSPS) is 17.6. The van der Waals surface area contributed by atoms with Crippen LogP contribution in [0.25, 0.3) is 0 Å². The van der Waals surface area contributed by atoms with E-state index in [1.54, 1.807) is 24.6 Å². The van der Waals surface area contributed by atoms with Gasteiger partial charge in [0.2, 0.25) is 0 Å². The Hall–Kier alpha value is -1.86. The van der Waals surface area contributed by atoms with Gasteiger partial charge in [0.05, 0.1) is 15.7 Å². The quantitative estimate of drug-likeness (QED) is 0.584. The zero-order valence-corrected chi connectivity index (χ0v) is 16.8. The zero-order valence-electron chi connectivity index (χ0n) is 15.2. The van der Waals surface area contributed by atoms with Crippen molar-refractivity contribution < 1.29 is 0 Å².